The first-order valence-electron chi connectivity index (χ1n) is 9.02. The molecule has 25 heavy (non-hydrogen) atoms. The molecular weight excluding hydrogens is 334 g/mol. The van der Waals surface area contributed by atoms with Gasteiger partial charge in [0.05, 0.1) is 30.5 Å². The summed E-state index contributed by atoms with van der Waals surface area (Å²) < 4.78 is 8.12. The van der Waals surface area contributed by atoms with E-state index < -0.39 is 0 Å². The first-order valence-corrected chi connectivity index (χ1v) is 9.90. The van der Waals surface area contributed by atoms with Crippen LogP contribution in [0.2, 0.25) is 0 Å². The minimum absolute atomic E-state index is 0.243. The molecule has 2 fully saturated rings. The molecule has 2 aromatic heterocycles. The van der Waals surface area contributed by atoms with Crippen molar-refractivity contribution >= 4 is 11.3 Å². The van der Waals surface area contributed by atoms with Crippen molar-refractivity contribution in [3.05, 3.63) is 34.3 Å². The van der Waals surface area contributed by atoms with Crippen LogP contribution in [0.5, 0.6) is 0 Å². The second-order valence-corrected chi connectivity index (χ2v) is 8.60. The van der Waals surface area contributed by atoms with Gasteiger partial charge in [0.1, 0.15) is 5.82 Å². The van der Waals surface area contributed by atoms with Gasteiger partial charge in [-0.25, -0.2) is 9.97 Å². The Balaban J connectivity index is 1.41. The SMILES string of the molecule is Cc1nc(CN2CCOC[C@@]3(CCN(Cc4nccn4C)C3)C2)cs1. The van der Waals surface area contributed by atoms with Crippen LogP contribution < -0.4 is 0 Å². The van der Waals surface area contributed by atoms with Crippen molar-refractivity contribution in [1.82, 2.24) is 24.3 Å². The fourth-order valence-corrected chi connectivity index (χ4v) is 4.69. The van der Waals surface area contributed by atoms with Crippen molar-refractivity contribution in [2.24, 2.45) is 12.5 Å². The summed E-state index contributed by atoms with van der Waals surface area (Å²) in [7, 11) is 2.07. The van der Waals surface area contributed by atoms with Crippen LogP contribution in [0.1, 0.15) is 22.9 Å². The van der Waals surface area contributed by atoms with Gasteiger partial charge in [-0.1, -0.05) is 0 Å². The van der Waals surface area contributed by atoms with E-state index in [0.717, 1.165) is 63.3 Å². The molecule has 6 nitrogen and oxygen atoms in total. The highest BCUT2D eigenvalue weighted by Gasteiger charge is 2.41. The Hall–Kier alpha value is -1.28. The third kappa shape index (κ3) is 3.95. The van der Waals surface area contributed by atoms with Crippen molar-refractivity contribution in [1.29, 1.82) is 0 Å². The molecule has 1 spiro atoms. The minimum atomic E-state index is 0.243. The second kappa shape index (κ2) is 7.15. The summed E-state index contributed by atoms with van der Waals surface area (Å²) in [5.41, 5.74) is 1.44. The number of ether oxygens (including phenoxy) is 1. The van der Waals surface area contributed by atoms with E-state index in [1.54, 1.807) is 11.3 Å². The molecule has 0 unspecified atom stereocenters. The lowest BCUT2D eigenvalue weighted by Crippen LogP contribution is -2.40. The quantitative estimate of drug-likeness (QED) is 0.832. The lowest BCUT2D eigenvalue weighted by molar-refractivity contribution is 0.0703. The van der Waals surface area contributed by atoms with Crippen molar-refractivity contribution < 1.29 is 4.74 Å². The molecule has 0 bridgehead atoms. The van der Waals surface area contributed by atoms with Gasteiger partial charge in [-0.15, -0.1) is 11.3 Å². The fourth-order valence-electron chi connectivity index (χ4n) is 4.08. The van der Waals surface area contributed by atoms with E-state index in [9.17, 15) is 0 Å². The number of aryl methyl sites for hydroxylation is 2. The third-order valence-electron chi connectivity index (χ3n) is 5.37. The van der Waals surface area contributed by atoms with Crippen LogP contribution in [0.3, 0.4) is 0 Å². The summed E-state index contributed by atoms with van der Waals surface area (Å²) in [6.45, 7) is 9.95. The van der Waals surface area contributed by atoms with E-state index >= 15 is 0 Å². The third-order valence-corrected chi connectivity index (χ3v) is 6.20. The van der Waals surface area contributed by atoms with Crippen molar-refractivity contribution in [2.75, 3.05) is 39.4 Å². The highest BCUT2D eigenvalue weighted by Crippen LogP contribution is 2.34. The van der Waals surface area contributed by atoms with E-state index in [4.69, 9.17) is 4.74 Å². The lowest BCUT2D eigenvalue weighted by atomic mass is 9.87. The predicted octanol–water partition coefficient (Wildman–Crippen LogP) is 1.91. The number of hydrogen-bond acceptors (Lipinski definition) is 6. The molecule has 4 rings (SSSR count). The maximum atomic E-state index is 6.01. The molecule has 2 aromatic rings. The average Bonchev–Trinajstić information content (AvgIpc) is 3.23. The zero-order chi connectivity index (χ0) is 17.3. The molecule has 4 heterocycles. The monoisotopic (exact) mass is 361 g/mol. The number of likely N-dealkylation sites (tertiary alicyclic amines) is 1. The Morgan fingerprint density at radius 1 is 1.24 bits per heavy atom. The van der Waals surface area contributed by atoms with Crippen molar-refractivity contribution in [3.63, 3.8) is 0 Å². The first kappa shape index (κ1) is 17.1. The Kier molecular flexibility index (Phi) is 4.90. The van der Waals surface area contributed by atoms with Gasteiger partial charge in [-0.2, -0.15) is 0 Å². The molecule has 0 radical (unpaired) electrons. The highest BCUT2D eigenvalue weighted by atomic mass is 32.1. The molecule has 0 saturated carbocycles. The molecular formula is C18H27N5OS. The van der Waals surface area contributed by atoms with Crippen LogP contribution >= 0.6 is 11.3 Å². The smallest absolute Gasteiger partial charge is 0.122 e. The van der Waals surface area contributed by atoms with Crippen LogP contribution in [0.15, 0.2) is 17.8 Å². The molecule has 0 N–H and O–H groups in total. The lowest BCUT2D eigenvalue weighted by Gasteiger charge is -2.31. The van der Waals surface area contributed by atoms with Crippen LogP contribution in [0.25, 0.3) is 0 Å². The van der Waals surface area contributed by atoms with Crippen LogP contribution in [0, 0.1) is 12.3 Å². The summed E-state index contributed by atoms with van der Waals surface area (Å²) >= 11 is 1.74. The van der Waals surface area contributed by atoms with Crippen molar-refractivity contribution in [3.8, 4) is 0 Å². The molecule has 7 heteroatoms. The molecule has 1 atom stereocenters. The zero-order valence-electron chi connectivity index (χ0n) is 15.1. The first-order chi connectivity index (χ1) is 12.1. The van der Waals surface area contributed by atoms with Crippen LogP contribution in [-0.2, 0) is 24.9 Å². The van der Waals surface area contributed by atoms with Gasteiger partial charge in [0.25, 0.3) is 0 Å². The van der Waals surface area contributed by atoms with E-state index in [-0.39, 0.29) is 5.41 Å². The number of imidazole rings is 1. The standard InChI is InChI=1S/C18H27N5OS/c1-15-20-16(11-25-15)9-23-7-8-24-14-18(13-23)3-5-22(12-18)10-17-19-4-6-21(17)2/h4,6,11H,3,5,7-10,12-14H2,1-2H3/t18-/m1/s1. The van der Waals surface area contributed by atoms with Crippen LogP contribution in [0.4, 0.5) is 0 Å². The molecule has 0 aromatic carbocycles. The molecule has 2 saturated heterocycles. The van der Waals surface area contributed by atoms with Gasteiger partial charge >= 0.3 is 0 Å². The molecule has 2 aliphatic heterocycles. The molecule has 0 aliphatic carbocycles. The normalized spacial score (nSPS) is 25.7. The highest BCUT2D eigenvalue weighted by molar-refractivity contribution is 7.09. The van der Waals surface area contributed by atoms with Gasteiger partial charge in [-0.05, 0) is 19.9 Å². The number of rotatable bonds is 4. The van der Waals surface area contributed by atoms with Gasteiger partial charge in [0.2, 0.25) is 0 Å². The second-order valence-electron chi connectivity index (χ2n) is 7.54. The Bertz CT molecular complexity index is 714. The number of thiazole rings is 1. The summed E-state index contributed by atoms with van der Waals surface area (Å²) in [6.07, 6.45) is 5.10. The Morgan fingerprint density at radius 2 is 2.08 bits per heavy atom. The van der Waals surface area contributed by atoms with Crippen LogP contribution in [-0.4, -0.2) is 63.7 Å². The van der Waals surface area contributed by atoms with Gasteiger partial charge in [0, 0.05) is 56.4 Å². The largest absolute Gasteiger partial charge is 0.379 e. The Labute approximate surface area is 153 Å². The fraction of sp³-hybridized carbons (Fsp3) is 0.667. The number of hydrogen-bond donors (Lipinski definition) is 0. The minimum Gasteiger partial charge on any atom is -0.379 e. The van der Waals surface area contributed by atoms with E-state index in [0.29, 0.717) is 0 Å². The maximum absolute atomic E-state index is 6.01. The van der Waals surface area contributed by atoms with Gasteiger partial charge in [0.15, 0.2) is 0 Å². The molecule has 2 aliphatic rings. The average molecular weight is 362 g/mol. The maximum Gasteiger partial charge on any atom is 0.122 e. The predicted molar refractivity (Wildman–Crippen MR) is 98.5 cm³/mol. The summed E-state index contributed by atoms with van der Waals surface area (Å²) in [6, 6.07) is 0. The van der Waals surface area contributed by atoms with E-state index in [1.807, 2.05) is 12.4 Å². The molecule has 0 amide bonds. The topological polar surface area (TPSA) is 46.4 Å². The van der Waals surface area contributed by atoms with E-state index in [1.165, 1.54) is 12.1 Å². The zero-order valence-corrected chi connectivity index (χ0v) is 16.0. The van der Waals surface area contributed by atoms with E-state index in [2.05, 4.69) is 43.7 Å². The van der Waals surface area contributed by atoms with Crippen molar-refractivity contribution in [2.45, 2.75) is 26.4 Å². The van der Waals surface area contributed by atoms with Gasteiger partial charge in [-0.3, -0.25) is 9.80 Å². The summed E-state index contributed by atoms with van der Waals surface area (Å²) in [4.78, 5) is 14.2. The number of aromatic nitrogens is 3. The Morgan fingerprint density at radius 3 is 2.80 bits per heavy atom. The number of nitrogens with zero attached hydrogens (tertiary/aromatic N) is 5. The molecule has 136 valence electrons. The van der Waals surface area contributed by atoms with Gasteiger partial charge < -0.3 is 9.30 Å². The summed E-state index contributed by atoms with van der Waals surface area (Å²) in [5, 5.41) is 3.34. The summed E-state index contributed by atoms with van der Waals surface area (Å²) in [5.74, 6) is 1.14.